The number of imide groups is 1. The number of hydrogen-bond donors (Lipinski definition) is 0. The summed E-state index contributed by atoms with van der Waals surface area (Å²) in [6.07, 6.45) is -1.43. The number of thioether (sulfide) groups is 1. The van der Waals surface area contributed by atoms with Crippen molar-refractivity contribution in [3.05, 3.63) is 59.1 Å². The van der Waals surface area contributed by atoms with Crippen molar-refractivity contribution in [1.29, 1.82) is 0 Å². The standard InChI is InChI=1S/C25H25ClF3N3O5S/c1-24(13-4-14-38-3)15-31(30-20(24)16-5-7-17(26)8-6-16)23(35)32(21(33)22(34)36-2)18-9-11-19(12-10-18)37-25(27,28)29/h5-12H,4,13-15H2,1-3H3. The van der Waals surface area contributed by atoms with Crippen molar-refractivity contribution in [3.63, 3.8) is 0 Å². The first-order chi connectivity index (χ1) is 17.9. The number of urea groups is 1. The Balaban J connectivity index is 1.99. The van der Waals surface area contributed by atoms with Gasteiger partial charge in [-0.1, -0.05) is 30.7 Å². The number of nitrogens with zero attached hydrogens (tertiary/aromatic N) is 3. The van der Waals surface area contributed by atoms with Gasteiger partial charge in [0.2, 0.25) is 0 Å². The van der Waals surface area contributed by atoms with Crippen LogP contribution in [0.3, 0.4) is 0 Å². The van der Waals surface area contributed by atoms with Crippen molar-refractivity contribution in [2.45, 2.75) is 26.1 Å². The van der Waals surface area contributed by atoms with Gasteiger partial charge in [0.25, 0.3) is 0 Å². The van der Waals surface area contributed by atoms with Gasteiger partial charge in [0.05, 0.1) is 25.1 Å². The smallest absolute Gasteiger partial charge is 0.462 e. The lowest BCUT2D eigenvalue weighted by atomic mass is 9.78. The number of carbonyl (C=O) groups is 3. The first kappa shape index (κ1) is 29.3. The minimum absolute atomic E-state index is 0.0956. The molecule has 8 nitrogen and oxygen atoms in total. The zero-order valence-corrected chi connectivity index (χ0v) is 22.3. The van der Waals surface area contributed by atoms with Crippen molar-refractivity contribution in [1.82, 2.24) is 5.01 Å². The fourth-order valence-corrected chi connectivity index (χ4v) is 4.58. The molecule has 0 N–H and O–H groups in total. The van der Waals surface area contributed by atoms with Gasteiger partial charge < -0.3 is 9.47 Å². The van der Waals surface area contributed by atoms with Crippen LogP contribution in [-0.4, -0.2) is 60.7 Å². The van der Waals surface area contributed by atoms with Crippen molar-refractivity contribution in [2.75, 3.05) is 30.6 Å². The Morgan fingerprint density at radius 1 is 1.13 bits per heavy atom. The Morgan fingerprint density at radius 3 is 2.32 bits per heavy atom. The van der Waals surface area contributed by atoms with Crippen LogP contribution in [0.25, 0.3) is 0 Å². The average molecular weight is 572 g/mol. The first-order valence-electron chi connectivity index (χ1n) is 11.3. The Hall–Kier alpha value is -3.25. The minimum Gasteiger partial charge on any atom is -0.462 e. The molecule has 204 valence electrons. The van der Waals surface area contributed by atoms with E-state index in [1.807, 2.05) is 13.2 Å². The van der Waals surface area contributed by atoms with E-state index in [0.717, 1.165) is 54.1 Å². The van der Waals surface area contributed by atoms with Gasteiger partial charge in [-0.05, 0) is 66.8 Å². The molecule has 2 aromatic rings. The number of benzene rings is 2. The van der Waals surface area contributed by atoms with E-state index in [2.05, 4.69) is 14.6 Å². The third kappa shape index (κ3) is 6.98. The van der Waals surface area contributed by atoms with Gasteiger partial charge in [-0.2, -0.15) is 16.9 Å². The molecular formula is C25H25ClF3N3O5S. The van der Waals surface area contributed by atoms with E-state index >= 15 is 0 Å². The molecule has 0 fully saturated rings. The summed E-state index contributed by atoms with van der Waals surface area (Å²) in [4.78, 5) is 39.1. The van der Waals surface area contributed by atoms with Crippen LogP contribution in [0.15, 0.2) is 53.6 Å². The quantitative estimate of drug-likeness (QED) is 0.239. The summed E-state index contributed by atoms with van der Waals surface area (Å²) >= 11 is 7.72. The number of methoxy groups -OCH3 is 1. The van der Waals surface area contributed by atoms with Crippen LogP contribution in [-0.2, 0) is 14.3 Å². The molecule has 0 spiro atoms. The van der Waals surface area contributed by atoms with Gasteiger partial charge in [0.1, 0.15) is 5.75 Å². The second-order valence-corrected chi connectivity index (χ2v) is 10.0. The second-order valence-electron chi connectivity index (χ2n) is 8.63. The highest BCUT2D eigenvalue weighted by molar-refractivity contribution is 7.98. The summed E-state index contributed by atoms with van der Waals surface area (Å²) in [5, 5.41) is 6.13. The number of amides is 3. The maximum absolute atomic E-state index is 13.6. The van der Waals surface area contributed by atoms with E-state index in [-0.39, 0.29) is 12.2 Å². The van der Waals surface area contributed by atoms with Gasteiger partial charge in [0, 0.05) is 10.4 Å². The number of halogens is 4. The minimum atomic E-state index is -4.93. The summed E-state index contributed by atoms with van der Waals surface area (Å²) in [5.41, 5.74) is 0.571. The third-order valence-electron chi connectivity index (χ3n) is 5.79. The number of carbonyl (C=O) groups excluding carboxylic acids is 3. The lowest BCUT2D eigenvalue weighted by Crippen LogP contribution is -2.48. The normalized spacial score (nSPS) is 17.1. The fraction of sp³-hybridized carbons (Fsp3) is 0.360. The molecule has 0 aliphatic carbocycles. The van der Waals surface area contributed by atoms with E-state index in [1.165, 1.54) is 0 Å². The SMILES string of the molecule is COC(=O)C(=O)N(C(=O)N1CC(C)(CCCSC)C(c2ccc(Cl)cc2)=N1)c1ccc(OC(F)(F)F)cc1. The highest BCUT2D eigenvalue weighted by atomic mass is 35.5. The van der Waals surface area contributed by atoms with Crippen LogP contribution in [0.5, 0.6) is 5.75 Å². The molecular weight excluding hydrogens is 547 g/mol. The van der Waals surface area contributed by atoms with Crippen molar-refractivity contribution >= 4 is 52.7 Å². The Kier molecular flexibility index (Phi) is 9.31. The molecule has 3 rings (SSSR count). The lowest BCUT2D eigenvalue weighted by molar-refractivity contribution is -0.274. The largest absolute Gasteiger partial charge is 0.573 e. The molecule has 0 bridgehead atoms. The molecule has 1 aliphatic heterocycles. The molecule has 0 radical (unpaired) electrons. The molecule has 1 unspecified atom stereocenters. The summed E-state index contributed by atoms with van der Waals surface area (Å²) in [7, 11) is 0.971. The molecule has 0 aromatic heterocycles. The number of hydrazone groups is 1. The topological polar surface area (TPSA) is 88.5 Å². The summed E-state index contributed by atoms with van der Waals surface area (Å²) in [5.74, 6) is -2.35. The molecule has 13 heteroatoms. The molecule has 2 aromatic carbocycles. The second kappa shape index (κ2) is 12.1. The number of ether oxygens (including phenoxy) is 2. The molecule has 3 amide bonds. The van der Waals surface area contributed by atoms with Crippen molar-refractivity contribution in [3.8, 4) is 5.75 Å². The van der Waals surface area contributed by atoms with Crippen LogP contribution in [0, 0.1) is 5.41 Å². The first-order valence-corrected chi connectivity index (χ1v) is 13.1. The number of anilines is 1. The maximum Gasteiger partial charge on any atom is 0.573 e. The third-order valence-corrected chi connectivity index (χ3v) is 6.74. The average Bonchev–Trinajstić information content (AvgIpc) is 3.21. The summed E-state index contributed by atoms with van der Waals surface area (Å²) < 4.78 is 46.0. The Labute approximate surface area is 226 Å². The van der Waals surface area contributed by atoms with E-state index in [1.54, 1.807) is 36.0 Å². The van der Waals surface area contributed by atoms with Crippen LogP contribution in [0.2, 0.25) is 5.02 Å². The molecule has 0 saturated heterocycles. The van der Waals surface area contributed by atoms with Gasteiger partial charge in [0.15, 0.2) is 0 Å². The van der Waals surface area contributed by atoms with Crippen LogP contribution < -0.4 is 9.64 Å². The zero-order valence-electron chi connectivity index (χ0n) is 20.8. The number of hydrogen-bond acceptors (Lipinski definition) is 7. The van der Waals surface area contributed by atoms with E-state index in [0.29, 0.717) is 22.1 Å². The molecule has 38 heavy (non-hydrogen) atoms. The Morgan fingerprint density at radius 2 is 1.76 bits per heavy atom. The predicted octanol–water partition coefficient (Wildman–Crippen LogP) is 5.73. The zero-order chi connectivity index (χ0) is 28.1. The van der Waals surface area contributed by atoms with Gasteiger partial charge in [-0.25, -0.2) is 19.5 Å². The van der Waals surface area contributed by atoms with Crippen molar-refractivity contribution < 1.29 is 37.0 Å². The highest BCUT2D eigenvalue weighted by Gasteiger charge is 2.44. The molecule has 1 atom stereocenters. The van der Waals surface area contributed by atoms with Crippen molar-refractivity contribution in [2.24, 2.45) is 10.5 Å². The Bertz CT molecular complexity index is 1210. The monoisotopic (exact) mass is 571 g/mol. The highest BCUT2D eigenvalue weighted by Crippen LogP contribution is 2.37. The van der Waals surface area contributed by atoms with Gasteiger partial charge in [-0.3, -0.25) is 4.79 Å². The van der Waals surface area contributed by atoms with E-state index in [9.17, 15) is 27.6 Å². The van der Waals surface area contributed by atoms with Gasteiger partial charge >= 0.3 is 24.3 Å². The number of esters is 1. The molecule has 1 heterocycles. The fourth-order valence-electron chi connectivity index (χ4n) is 4.02. The molecule has 0 saturated carbocycles. The number of alkyl halides is 3. The maximum atomic E-state index is 13.6. The van der Waals surface area contributed by atoms with Gasteiger partial charge in [-0.15, -0.1) is 13.2 Å². The van der Waals surface area contributed by atoms with Crippen LogP contribution in [0.4, 0.5) is 23.7 Å². The summed E-state index contributed by atoms with van der Waals surface area (Å²) in [6, 6.07) is 9.93. The van der Waals surface area contributed by atoms with Crippen LogP contribution in [0.1, 0.15) is 25.3 Å². The summed E-state index contributed by atoms with van der Waals surface area (Å²) in [6.45, 7) is 2.04. The van der Waals surface area contributed by atoms with Crippen LogP contribution >= 0.6 is 23.4 Å². The van der Waals surface area contributed by atoms with E-state index < -0.39 is 35.4 Å². The number of rotatable bonds is 7. The molecule has 1 aliphatic rings. The predicted molar refractivity (Wildman–Crippen MR) is 138 cm³/mol. The lowest BCUT2D eigenvalue weighted by Gasteiger charge is -2.28. The van der Waals surface area contributed by atoms with E-state index in [4.69, 9.17) is 11.6 Å².